The van der Waals surface area contributed by atoms with E-state index in [0.717, 1.165) is 5.56 Å². The van der Waals surface area contributed by atoms with Crippen LogP contribution in [0, 0.1) is 5.82 Å². The molecule has 3 rings (SSSR count). The molecule has 2 aromatic rings. The molecule has 0 N–H and O–H groups in total. The van der Waals surface area contributed by atoms with Crippen LogP contribution in [0.4, 0.5) is 4.39 Å². The van der Waals surface area contributed by atoms with Gasteiger partial charge in [-0.25, -0.2) is 4.39 Å². The van der Waals surface area contributed by atoms with E-state index in [1.54, 1.807) is 46.3 Å². The van der Waals surface area contributed by atoms with E-state index in [2.05, 4.69) is 4.98 Å². The van der Waals surface area contributed by atoms with Crippen LogP contribution in [-0.2, 0) is 11.2 Å². The first-order valence-electron chi connectivity index (χ1n) is 7.86. The highest BCUT2D eigenvalue weighted by Gasteiger charge is 2.25. The van der Waals surface area contributed by atoms with Crippen molar-refractivity contribution in [2.45, 2.75) is 6.42 Å². The molecule has 6 heteroatoms. The molecule has 0 aliphatic carbocycles. The van der Waals surface area contributed by atoms with E-state index >= 15 is 0 Å². The Bertz CT molecular complexity index is 711. The Morgan fingerprint density at radius 3 is 2.25 bits per heavy atom. The van der Waals surface area contributed by atoms with E-state index in [1.807, 2.05) is 0 Å². The molecule has 124 valence electrons. The normalized spacial score (nSPS) is 14.5. The average molecular weight is 327 g/mol. The van der Waals surface area contributed by atoms with E-state index in [4.69, 9.17) is 0 Å². The maximum absolute atomic E-state index is 12.9. The fourth-order valence-electron chi connectivity index (χ4n) is 2.70. The predicted octanol–water partition coefficient (Wildman–Crippen LogP) is 1.75. The van der Waals surface area contributed by atoms with E-state index in [9.17, 15) is 14.0 Å². The smallest absolute Gasteiger partial charge is 0.272 e. The van der Waals surface area contributed by atoms with Gasteiger partial charge in [0, 0.05) is 32.4 Å². The molecule has 0 saturated carbocycles. The Morgan fingerprint density at radius 2 is 1.62 bits per heavy atom. The first-order chi connectivity index (χ1) is 11.6. The molecule has 2 amide bonds. The summed E-state index contributed by atoms with van der Waals surface area (Å²) in [5.41, 5.74) is 1.21. The summed E-state index contributed by atoms with van der Waals surface area (Å²) in [5, 5.41) is 0. The zero-order chi connectivity index (χ0) is 16.9. The lowest BCUT2D eigenvalue weighted by atomic mass is 10.1. The number of carbonyl (C=O) groups is 2. The molecule has 1 aromatic heterocycles. The summed E-state index contributed by atoms with van der Waals surface area (Å²) in [6, 6.07) is 11.2. The number of amides is 2. The minimum atomic E-state index is -0.312. The van der Waals surface area contributed by atoms with E-state index in [0.29, 0.717) is 31.9 Å². The lowest BCUT2D eigenvalue weighted by Crippen LogP contribution is -2.51. The summed E-state index contributed by atoms with van der Waals surface area (Å²) in [5.74, 6) is -0.430. The molecule has 24 heavy (non-hydrogen) atoms. The number of pyridine rings is 1. The van der Waals surface area contributed by atoms with Gasteiger partial charge in [0.15, 0.2) is 0 Å². The SMILES string of the molecule is O=C(Cc1ccc(F)cc1)N1CCN(C(=O)c2ccccn2)CC1. The van der Waals surface area contributed by atoms with Gasteiger partial charge >= 0.3 is 0 Å². The number of piperazine rings is 1. The van der Waals surface area contributed by atoms with Crippen molar-refractivity contribution in [3.05, 3.63) is 65.7 Å². The third-order valence-corrected chi connectivity index (χ3v) is 4.07. The third kappa shape index (κ3) is 3.76. The topological polar surface area (TPSA) is 53.5 Å². The van der Waals surface area contributed by atoms with Gasteiger partial charge in [0.05, 0.1) is 6.42 Å². The number of aromatic nitrogens is 1. The summed E-state index contributed by atoms with van der Waals surface area (Å²) >= 11 is 0. The van der Waals surface area contributed by atoms with Crippen LogP contribution in [0.15, 0.2) is 48.7 Å². The maximum atomic E-state index is 12.9. The van der Waals surface area contributed by atoms with Crippen LogP contribution >= 0.6 is 0 Å². The summed E-state index contributed by atoms with van der Waals surface area (Å²) < 4.78 is 12.9. The van der Waals surface area contributed by atoms with E-state index in [1.165, 1.54) is 12.1 Å². The van der Waals surface area contributed by atoms with Gasteiger partial charge in [0.2, 0.25) is 5.91 Å². The first-order valence-corrected chi connectivity index (χ1v) is 7.86. The molecule has 1 aliphatic heterocycles. The van der Waals surface area contributed by atoms with Crippen LogP contribution < -0.4 is 0 Å². The van der Waals surface area contributed by atoms with Crippen molar-refractivity contribution >= 4 is 11.8 Å². The number of hydrogen-bond donors (Lipinski definition) is 0. The molecule has 1 saturated heterocycles. The van der Waals surface area contributed by atoms with Crippen molar-refractivity contribution in [2.75, 3.05) is 26.2 Å². The molecule has 0 radical (unpaired) electrons. The second-order valence-corrected chi connectivity index (χ2v) is 5.69. The van der Waals surface area contributed by atoms with Crippen LogP contribution in [0.25, 0.3) is 0 Å². The van der Waals surface area contributed by atoms with Crippen molar-refractivity contribution < 1.29 is 14.0 Å². The third-order valence-electron chi connectivity index (χ3n) is 4.07. The van der Waals surface area contributed by atoms with Crippen molar-refractivity contribution in [3.8, 4) is 0 Å². The van der Waals surface area contributed by atoms with Gasteiger partial charge in [-0.3, -0.25) is 14.6 Å². The van der Waals surface area contributed by atoms with Crippen molar-refractivity contribution in [1.29, 1.82) is 0 Å². The average Bonchev–Trinajstić information content (AvgIpc) is 2.64. The number of hydrogen-bond acceptors (Lipinski definition) is 3. The molecular weight excluding hydrogens is 309 g/mol. The van der Waals surface area contributed by atoms with Gasteiger partial charge in [-0.05, 0) is 29.8 Å². The molecule has 1 aromatic carbocycles. The van der Waals surface area contributed by atoms with Crippen LogP contribution in [0.5, 0.6) is 0 Å². The highest BCUT2D eigenvalue weighted by molar-refractivity contribution is 5.92. The number of nitrogens with zero attached hydrogens (tertiary/aromatic N) is 3. The quantitative estimate of drug-likeness (QED) is 0.863. The minimum absolute atomic E-state index is 0.00783. The Balaban J connectivity index is 1.54. The van der Waals surface area contributed by atoms with Gasteiger partial charge in [0.25, 0.3) is 5.91 Å². The molecule has 5 nitrogen and oxygen atoms in total. The fraction of sp³-hybridized carbons (Fsp3) is 0.278. The second kappa shape index (κ2) is 7.21. The van der Waals surface area contributed by atoms with Gasteiger partial charge < -0.3 is 9.80 Å². The molecule has 2 heterocycles. The van der Waals surface area contributed by atoms with Crippen LogP contribution in [0.1, 0.15) is 16.1 Å². The summed E-state index contributed by atoms with van der Waals surface area (Å²) in [6.07, 6.45) is 1.84. The Morgan fingerprint density at radius 1 is 0.958 bits per heavy atom. The highest BCUT2D eigenvalue weighted by atomic mass is 19.1. The Kier molecular flexibility index (Phi) is 4.84. The van der Waals surface area contributed by atoms with E-state index < -0.39 is 0 Å². The van der Waals surface area contributed by atoms with Crippen molar-refractivity contribution in [1.82, 2.24) is 14.8 Å². The standard InChI is InChI=1S/C18H18FN3O2/c19-15-6-4-14(5-7-15)13-17(23)21-9-11-22(12-10-21)18(24)16-3-1-2-8-20-16/h1-8H,9-13H2. The highest BCUT2D eigenvalue weighted by Crippen LogP contribution is 2.10. The molecule has 0 spiro atoms. The van der Waals surface area contributed by atoms with Crippen LogP contribution in [0.3, 0.4) is 0 Å². The molecule has 0 atom stereocenters. The number of halogens is 1. The first kappa shape index (κ1) is 16.1. The number of rotatable bonds is 3. The number of carbonyl (C=O) groups excluding carboxylic acids is 2. The molecule has 0 unspecified atom stereocenters. The monoisotopic (exact) mass is 327 g/mol. The van der Waals surface area contributed by atoms with Crippen molar-refractivity contribution in [3.63, 3.8) is 0 Å². The fourth-order valence-corrected chi connectivity index (χ4v) is 2.70. The summed E-state index contributed by atoms with van der Waals surface area (Å²) in [6.45, 7) is 1.98. The largest absolute Gasteiger partial charge is 0.339 e. The zero-order valence-corrected chi connectivity index (χ0v) is 13.2. The number of benzene rings is 1. The predicted molar refractivity (Wildman–Crippen MR) is 86.8 cm³/mol. The molecule has 0 bridgehead atoms. The lowest BCUT2D eigenvalue weighted by Gasteiger charge is -2.34. The zero-order valence-electron chi connectivity index (χ0n) is 13.2. The van der Waals surface area contributed by atoms with Crippen LogP contribution in [0.2, 0.25) is 0 Å². The molecular formula is C18H18FN3O2. The van der Waals surface area contributed by atoms with Crippen LogP contribution in [-0.4, -0.2) is 52.8 Å². The maximum Gasteiger partial charge on any atom is 0.272 e. The molecule has 1 fully saturated rings. The summed E-state index contributed by atoms with van der Waals surface area (Å²) in [4.78, 5) is 32.2. The Labute approximate surface area is 139 Å². The minimum Gasteiger partial charge on any atom is -0.339 e. The van der Waals surface area contributed by atoms with Crippen molar-refractivity contribution in [2.24, 2.45) is 0 Å². The Hall–Kier alpha value is -2.76. The van der Waals surface area contributed by atoms with E-state index in [-0.39, 0.29) is 24.1 Å². The lowest BCUT2D eigenvalue weighted by molar-refractivity contribution is -0.131. The van der Waals surface area contributed by atoms with Gasteiger partial charge in [-0.2, -0.15) is 0 Å². The van der Waals surface area contributed by atoms with Gasteiger partial charge in [-0.1, -0.05) is 18.2 Å². The second-order valence-electron chi connectivity index (χ2n) is 5.69. The van der Waals surface area contributed by atoms with Gasteiger partial charge in [-0.15, -0.1) is 0 Å². The van der Waals surface area contributed by atoms with Gasteiger partial charge in [0.1, 0.15) is 11.5 Å². The molecule has 1 aliphatic rings. The summed E-state index contributed by atoms with van der Waals surface area (Å²) in [7, 11) is 0.